The average Bonchev–Trinajstić information content (AvgIpc) is 3.39. The second-order valence-electron chi connectivity index (χ2n) is 6.60. The van der Waals surface area contributed by atoms with E-state index < -0.39 is 0 Å². The third kappa shape index (κ3) is 3.07. The Hall–Kier alpha value is -3.49. The van der Waals surface area contributed by atoms with Gasteiger partial charge in [0.1, 0.15) is 12.1 Å². The van der Waals surface area contributed by atoms with Crippen molar-refractivity contribution >= 4 is 17.3 Å². The zero-order chi connectivity index (χ0) is 18.1. The molecular formula is C18H19N9. The molecule has 4 aromatic heterocycles. The van der Waals surface area contributed by atoms with E-state index >= 15 is 0 Å². The molecule has 0 radical (unpaired) electrons. The van der Waals surface area contributed by atoms with E-state index in [0.29, 0.717) is 5.82 Å². The monoisotopic (exact) mass is 361 g/mol. The van der Waals surface area contributed by atoms with Crippen molar-refractivity contribution in [3.8, 4) is 11.4 Å². The van der Waals surface area contributed by atoms with Crippen LogP contribution < -0.4 is 10.2 Å². The molecule has 0 bridgehead atoms. The van der Waals surface area contributed by atoms with Crippen LogP contribution in [0.3, 0.4) is 0 Å². The van der Waals surface area contributed by atoms with Crippen LogP contribution in [0.5, 0.6) is 0 Å². The van der Waals surface area contributed by atoms with E-state index in [1.54, 1.807) is 18.7 Å². The van der Waals surface area contributed by atoms with Crippen molar-refractivity contribution < 1.29 is 0 Å². The van der Waals surface area contributed by atoms with Crippen molar-refractivity contribution in [2.45, 2.75) is 18.9 Å². The van der Waals surface area contributed by atoms with E-state index in [1.807, 2.05) is 35.0 Å². The molecule has 0 amide bonds. The SMILES string of the molecule is c1ccn2ncc(-c3nccc(N[C@@H]4CCCN(c5nnc[nH]5)C4)n3)c2c1. The molecule has 1 aliphatic rings. The number of rotatable bonds is 4. The van der Waals surface area contributed by atoms with Gasteiger partial charge in [0.2, 0.25) is 5.95 Å². The summed E-state index contributed by atoms with van der Waals surface area (Å²) in [7, 11) is 0. The molecule has 5 rings (SSSR count). The highest BCUT2D eigenvalue weighted by molar-refractivity contribution is 5.75. The summed E-state index contributed by atoms with van der Waals surface area (Å²) in [6, 6.07) is 8.15. The predicted octanol–water partition coefficient (Wildman–Crippen LogP) is 1.99. The Morgan fingerprint density at radius 3 is 3.15 bits per heavy atom. The highest BCUT2D eigenvalue weighted by atomic mass is 15.4. The Morgan fingerprint density at radius 1 is 1.22 bits per heavy atom. The van der Waals surface area contributed by atoms with Crippen molar-refractivity contribution in [3.05, 3.63) is 49.2 Å². The maximum atomic E-state index is 4.72. The predicted molar refractivity (Wildman–Crippen MR) is 101 cm³/mol. The largest absolute Gasteiger partial charge is 0.365 e. The summed E-state index contributed by atoms with van der Waals surface area (Å²) in [6.45, 7) is 1.83. The standard InChI is InChI=1S/C18H19N9/c1-2-9-27-15(5-1)14(10-22-27)17-19-7-6-16(24-17)23-13-4-3-8-26(11-13)18-20-12-21-25-18/h1-2,5-7,9-10,12-13H,3-4,8,11H2,(H,19,23,24)(H,20,21,25)/t13-/m1/s1. The number of aromatic amines is 1. The van der Waals surface area contributed by atoms with Crippen LogP contribution in [0.2, 0.25) is 0 Å². The van der Waals surface area contributed by atoms with E-state index in [9.17, 15) is 0 Å². The fourth-order valence-electron chi connectivity index (χ4n) is 3.53. The van der Waals surface area contributed by atoms with Gasteiger partial charge in [-0.15, -0.1) is 10.2 Å². The normalized spacial score (nSPS) is 17.3. The van der Waals surface area contributed by atoms with Gasteiger partial charge >= 0.3 is 0 Å². The van der Waals surface area contributed by atoms with Crippen LogP contribution in [-0.2, 0) is 0 Å². The van der Waals surface area contributed by atoms with Gasteiger partial charge in [-0.1, -0.05) is 6.07 Å². The molecule has 1 fully saturated rings. The first-order valence-corrected chi connectivity index (χ1v) is 9.00. The smallest absolute Gasteiger partial charge is 0.224 e. The number of hydrogen-bond donors (Lipinski definition) is 2. The summed E-state index contributed by atoms with van der Waals surface area (Å²) >= 11 is 0. The van der Waals surface area contributed by atoms with Crippen molar-refractivity contribution in [2.75, 3.05) is 23.3 Å². The Morgan fingerprint density at radius 2 is 2.22 bits per heavy atom. The van der Waals surface area contributed by atoms with Gasteiger partial charge < -0.3 is 15.2 Å². The van der Waals surface area contributed by atoms with Gasteiger partial charge in [0, 0.05) is 31.5 Å². The highest BCUT2D eigenvalue weighted by Gasteiger charge is 2.22. The van der Waals surface area contributed by atoms with Gasteiger partial charge in [0.25, 0.3) is 0 Å². The first kappa shape index (κ1) is 15.7. The number of aromatic nitrogens is 7. The van der Waals surface area contributed by atoms with Crippen LogP contribution in [0.15, 0.2) is 49.2 Å². The summed E-state index contributed by atoms with van der Waals surface area (Å²) in [5.41, 5.74) is 1.91. The second kappa shape index (κ2) is 6.67. The van der Waals surface area contributed by atoms with Crippen LogP contribution in [0, 0.1) is 0 Å². The molecule has 0 saturated carbocycles. The van der Waals surface area contributed by atoms with Gasteiger partial charge in [-0.25, -0.2) is 14.5 Å². The number of nitrogens with one attached hydrogen (secondary N) is 2. The molecular weight excluding hydrogens is 342 g/mol. The Bertz CT molecular complexity index is 1040. The lowest BCUT2D eigenvalue weighted by Crippen LogP contribution is -2.42. The fourth-order valence-corrected chi connectivity index (χ4v) is 3.53. The van der Waals surface area contributed by atoms with Crippen molar-refractivity contribution in [3.63, 3.8) is 0 Å². The minimum atomic E-state index is 0.288. The molecule has 9 nitrogen and oxygen atoms in total. The van der Waals surface area contributed by atoms with Gasteiger partial charge in [-0.3, -0.25) is 0 Å². The highest BCUT2D eigenvalue weighted by Crippen LogP contribution is 2.23. The minimum absolute atomic E-state index is 0.288. The number of anilines is 2. The molecule has 27 heavy (non-hydrogen) atoms. The lowest BCUT2D eigenvalue weighted by atomic mass is 10.1. The molecule has 136 valence electrons. The third-order valence-electron chi connectivity index (χ3n) is 4.80. The van der Waals surface area contributed by atoms with Crippen LogP contribution >= 0.6 is 0 Å². The van der Waals surface area contributed by atoms with E-state index in [4.69, 9.17) is 4.98 Å². The van der Waals surface area contributed by atoms with Gasteiger partial charge in [-0.2, -0.15) is 5.10 Å². The Balaban J connectivity index is 1.36. The van der Waals surface area contributed by atoms with E-state index in [0.717, 1.165) is 48.8 Å². The molecule has 4 aromatic rings. The van der Waals surface area contributed by atoms with Crippen LogP contribution in [0.25, 0.3) is 16.9 Å². The van der Waals surface area contributed by atoms with Crippen molar-refractivity contribution in [1.82, 2.24) is 34.8 Å². The van der Waals surface area contributed by atoms with E-state index in [-0.39, 0.29) is 6.04 Å². The molecule has 1 atom stereocenters. The number of nitrogens with zero attached hydrogens (tertiary/aromatic N) is 7. The number of H-pyrrole nitrogens is 1. The number of pyridine rings is 1. The molecule has 1 saturated heterocycles. The van der Waals surface area contributed by atoms with Crippen molar-refractivity contribution in [2.24, 2.45) is 0 Å². The molecule has 5 heterocycles. The zero-order valence-electron chi connectivity index (χ0n) is 14.7. The summed E-state index contributed by atoms with van der Waals surface area (Å²) in [4.78, 5) is 14.4. The van der Waals surface area contributed by atoms with E-state index in [2.05, 4.69) is 35.5 Å². The lowest BCUT2D eigenvalue weighted by Gasteiger charge is -2.32. The molecule has 0 spiro atoms. The molecule has 2 N–H and O–H groups in total. The van der Waals surface area contributed by atoms with Crippen molar-refractivity contribution in [1.29, 1.82) is 0 Å². The number of piperidine rings is 1. The summed E-state index contributed by atoms with van der Waals surface area (Å²) in [5.74, 6) is 2.31. The maximum Gasteiger partial charge on any atom is 0.224 e. The third-order valence-corrected chi connectivity index (χ3v) is 4.80. The topological polar surface area (TPSA) is 99.9 Å². The molecule has 9 heteroatoms. The maximum absolute atomic E-state index is 4.72. The summed E-state index contributed by atoms with van der Waals surface area (Å²) in [5, 5.41) is 15.9. The van der Waals surface area contributed by atoms with Gasteiger partial charge in [0.15, 0.2) is 5.82 Å². The molecule has 1 aliphatic heterocycles. The quantitative estimate of drug-likeness (QED) is 0.573. The van der Waals surface area contributed by atoms with Crippen LogP contribution in [0.4, 0.5) is 11.8 Å². The number of fused-ring (bicyclic) bond motifs is 1. The first-order valence-electron chi connectivity index (χ1n) is 9.00. The Labute approximate surface area is 155 Å². The first-order chi connectivity index (χ1) is 13.4. The fraction of sp³-hybridized carbons (Fsp3) is 0.278. The van der Waals surface area contributed by atoms with Crippen LogP contribution in [0.1, 0.15) is 12.8 Å². The molecule has 0 aliphatic carbocycles. The van der Waals surface area contributed by atoms with E-state index in [1.165, 1.54) is 0 Å². The van der Waals surface area contributed by atoms with Gasteiger partial charge in [0.05, 0.1) is 17.3 Å². The minimum Gasteiger partial charge on any atom is -0.365 e. The van der Waals surface area contributed by atoms with Gasteiger partial charge in [-0.05, 0) is 31.0 Å². The second-order valence-corrected chi connectivity index (χ2v) is 6.60. The molecule has 0 unspecified atom stereocenters. The average molecular weight is 361 g/mol. The summed E-state index contributed by atoms with van der Waals surface area (Å²) < 4.78 is 1.83. The number of hydrogen-bond acceptors (Lipinski definition) is 7. The summed E-state index contributed by atoms with van der Waals surface area (Å²) in [6.07, 6.45) is 9.29. The molecule has 0 aromatic carbocycles. The Kier molecular flexibility index (Phi) is 3.89. The lowest BCUT2D eigenvalue weighted by molar-refractivity contribution is 0.522. The zero-order valence-corrected chi connectivity index (χ0v) is 14.7. The van der Waals surface area contributed by atoms with Crippen LogP contribution in [-0.4, -0.2) is 53.9 Å².